The van der Waals surface area contributed by atoms with Gasteiger partial charge in [-0.3, -0.25) is 0 Å². The smallest absolute Gasteiger partial charge is 0.122 e. The van der Waals surface area contributed by atoms with Crippen LogP contribution in [0.2, 0.25) is 26.2 Å². The van der Waals surface area contributed by atoms with Gasteiger partial charge >= 0.3 is 0 Å². The quantitative estimate of drug-likeness (QED) is 0.496. The van der Waals surface area contributed by atoms with Crippen LogP contribution in [0.3, 0.4) is 0 Å². The van der Waals surface area contributed by atoms with E-state index in [1.807, 2.05) is 0 Å². The van der Waals surface area contributed by atoms with Crippen molar-refractivity contribution in [2.75, 3.05) is 10.8 Å². The van der Waals surface area contributed by atoms with E-state index in [9.17, 15) is 0 Å². The Morgan fingerprint density at radius 3 is 1.35 bits per heavy atom. The Bertz CT molecular complexity index is 306. The number of nitrogens with one attached hydrogen (secondary N) is 1. The average Bonchev–Trinajstić information content (AvgIpc) is 2.52. The maximum absolute atomic E-state index is 4.25. The van der Waals surface area contributed by atoms with Gasteiger partial charge in [0.05, 0.1) is 0 Å². The Kier molecular flexibility index (Phi) is 8.60. The number of thioether (sulfide) groups is 2. The minimum absolute atomic E-state index is 0.971. The van der Waals surface area contributed by atoms with E-state index >= 15 is 0 Å². The van der Waals surface area contributed by atoms with Gasteiger partial charge in [0.25, 0.3) is 0 Å². The van der Waals surface area contributed by atoms with Crippen molar-refractivity contribution in [3.63, 3.8) is 0 Å². The average molecular weight is 390 g/mol. The van der Waals surface area contributed by atoms with Gasteiger partial charge in [-0.15, -0.1) is 0 Å². The van der Waals surface area contributed by atoms with Crippen LogP contribution in [-0.4, -0.2) is 37.7 Å². The first-order chi connectivity index (χ1) is 10.9. The van der Waals surface area contributed by atoms with Crippen LogP contribution in [-0.2, 0) is 0 Å². The van der Waals surface area contributed by atoms with E-state index in [0.717, 1.165) is 10.5 Å². The number of rotatable bonds is 8. The first-order valence-corrected chi connectivity index (χ1v) is 18.4. The second-order valence-corrected chi connectivity index (χ2v) is 21.9. The molecule has 23 heavy (non-hydrogen) atoms. The summed E-state index contributed by atoms with van der Waals surface area (Å²) in [6.45, 7) is 10.3. The Labute approximate surface area is 156 Å². The van der Waals surface area contributed by atoms with Gasteiger partial charge in [-0.2, -0.15) is 23.5 Å². The van der Waals surface area contributed by atoms with Crippen LogP contribution in [0.25, 0.3) is 0 Å². The predicted octanol–water partition coefficient (Wildman–Crippen LogP) is 6.20. The highest BCUT2D eigenvalue weighted by Gasteiger charge is 2.32. The van der Waals surface area contributed by atoms with Gasteiger partial charge in [0.2, 0.25) is 0 Å². The standard InChI is InChI=1S/C18H39NS2Si2/c1-22(2,15-20-17-11-7-5-8-12-17)19-23(3,4)16-21-18-13-9-6-10-14-18/h17-19H,5-16H2,1-4H3. The van der Waals surface area contributed by atoms with Crippen molar-refractivity contribution in [2.24, 2.45) is 0 Å². The minimum Gasteiger partial charge on any atom is -0.358 e. The van der Waals surface area contributed by atoms with Crippen molar-refractivity contribution in [3.8, 4) is 0 Å². The largest absolute Gasteiger partial charge is 0.358 e. The molecule has 0 radical (unpaired) electrons. The van der Waals surface area contributed by atoms with Crippen LogP contribution in [0, 0.1) is 0 Å². The predicted molar refractivity (Wildman–Crippen MR) is 117 cm³/mol. The third-order valence-corrected chi connectivity index (χ3v) is 19.5. The van der Waals surface area contributed by atoms with Crippen LogP contribution in [0.1, 0.15) is 64.2 Å². The van der Waals surface area contributed by atoms with E-state index in [-0.39, 0.29) is 0 Å². The van der Waals surface area contributed by atoms with Gasteiger partial charge < -0.3 is 4.65 Å². The summed E-state index contributed by atoms with van der Waals surface area (Å²) in [4.78, 5) is 0. The van der Waals surface area contributed by atoms with Crippen LogP contribution in [0.5, 0.6) is 0 Å². The lowest BCUT2D eigenvalue weighted by Gasteiger charge is -2.36. The summed E-state index contributed by atoms with van der Waals surface area (Å²) in [6.07, 6.45) is 14.8. The fraction of sp³-hybridized carbons (Fsp3) is 1.00. The maximum Gasteiger partial charge on any atom is 0.122 e. The molecule has 2 aliphatic rings. The minimum atomic E-state index is -1.25. The van der Waals surface area contributed by atoms with Crippen molar-refractivity contribution >= 4 is 40.0 Å². The first kappa shape index (κ1) is 20.4. The summed E-state index contributed by atoms with van der Waals surface area (Å²) in [5.74, 6) is 0. The van der Waals surface area contributed by atoms with Crippen LogP contribution < -0.4 is 4.65 Å². The topological polar surface area (TPSA) is 12.0 Å². The molecule has 0 aromatic carbocycles. The lowest BCUT2D eigenvalue weighted by atomic mass is 10.0. The normalized spacial score (nSPS) is 22.4. The number of hydrogen-bond donors (Lipinski definition) is 1. The Balaban J connectivity index is 1.70. The highest BCUT2D eigenvalue weighted by molar-refractivity contribution is 8.02. The Hall–Kier alpha value is 1.09. The van der Waals surface area contributed by atoms with Crippen molar-refractivity contribution in [3.05, 3.63) is 0 Å². The molecular weight excluding hydrogens is 351 g/mol. The van der Waals surface area contributed by atoms with Gasteiger partial charge in [-0.25, -0.2) is 0 Å². The lowest BCUT2D eigenvalue weighted by Crippen LogP contribution is -2.62. The summed E-state index contributed by atoms with van der Waals surface area (Å²) in [7, 11) is -2.50. The Morgan fingerprint density at radius 2 is 1.00 bits per heavy atom. The molecule has 136 valence electrons. The zero-order chi connectivity index (χ0) is 16.8. The summed E-state index contributed by atoms with van der Waals surface area (Å²) in [5, 5.41) is 4.78. The third-order valence-electron chi connectivity index (χ3n) is 5.14. The second-order valence-electron chi connectivity index (χ2n) is 9.03. The molecule has 2 rings (SSSR count). The zero-order valence-corrected chi connectivity index (χ0v) is 19.6. The van der Waals surface area contributed by atoms with E-state index in [0.29, 0.717) is 0 Å². The van der Waals surface area contributed by atoms with E-state index in [4.69, 9.17) is 0 Å². The molecule has 2 aliphatic carbocycles. The van der Waals surface area contributed by atoms with Gasteiger partial charge in [0.15, 0.2) is 0 Å². The van der Waals surface area contributed by atoms with Crippen LogP contribution in [0.15, 0.2) is 0 Å². The molecule has 2 fully saturated rings. The molecule has 0 heterocycles. The van der Waals surface area contributed by atoms with Crippen molar-refractivity contribution in [1.82, 2.24) is 4.65 Å². The van der Waals surface area contributed by atoms with Crippen molar-refractivity contribution in [1.29, 1.82) is 0 Å². The SMILES string of the molecule is C[Si](C)(CSC1CCCCC1)N[Si](C)(C)CSC1CCCCC1. The molecule has 1 nitrogen and oxygen atoms in total. The molecule has 2 saturated carbocycles. The molecule has 5 heteroatoms. The molecule has 0 aliphatic heterocycles. The van der Waals surface area contributed by atoms with Gasteiger partial charge in [-0.1, -0.05) is 64.7 Å². The molecule has 0 unspecified atom stereocenters. The monoisotopic (exact) mass is 389 g/mol. The number of hydrogen-bond acceptors (Lipinski definition) is 3. The molecule has 0 amide bonds. The van der Waals surface area contributed by atoms with Crippen LogP contribution in [0.4, 0.5) is 0 Å². The molecule has 0 spiro atoms. The van der Waals surface area contributed by atoms with Gasteiger partial charge in [0.1, 0.15) is 16.5 Å². The van der Waals surface area contributed by atoms with E-state index < -0.39 is 16.5 Å². The maximum atomic E-state index is 4.25. The molecule has 0 bridgehead atoms. The molecule has 0 aromatic rings. The summed E-state index contributed by atoms with van der Waals surface area (Å²) in [5.41, 5.74) is 0. The zero-order valence-electron chi connectivity index (χ0n) is 16.0. The summed E-state index contributed by atoms with van der Waals surface area (Å²) in [6, 6.07) is 0. The molecule has 1 N–H and O–H groups in total. The second kappa shape index (κ2) is 9.70. The fourth-order valence-corrected chi connectivity index (χ4v) is 19.9. The van der Waals surface area contributed by atoms with Gasteiger partial charge in [0, 0.05) is 21.3 Å². The van der Waals surface area contributed by atoms with E-state index in [1.165, 1.54) is 75.0 Å². The fourth-order valence-electron chi connectivity index (χ4n) is 4.10. The molecule has 0 aromatic heterocycles. The summed E-state index contributed by atoms with van der Waals surface area (Å²) < 4.78 is 4.25. The molecule has 0 atom stereocenters. The summed E-state index contributed by atoms with van der Waals surface area (Å²) >= 11 is 4.61. The van der Waals surface area contributed by atoms with Gasteiger partial charge in [-0.05, 0) is 25.7 Å². The third kappa shape index (κ3) is 8.34. The highest BCUT2D eigenvalue weighted by Crippen LogP contribution is 2.31. The Morgan fingerprint density at radius 1 is 0.652 bits per heavy atom. The van der Waals surface area contributed by atoms with Crippen molar-refractivity contribution < 1.29 is 0 Å². The van der Waals surface area contributed by atoms with Crippen molar-refractivity contribution in [2.45, 2.75) is 101 Å². The highest BCUT2D eigenvalue weighted by atomic mass is 32.2. The van der Waals surface area contributed by atoms with Crippen LogP contribution >= 0.6 is 23.5 Å². The van der Waals surface area contributed by atoms with E-state index in [1.54, 1.807) is 0 Å². The molecular formula is C18H39NS2Si2. The molecule has 0 saturated heterocycles. The first-order valence-electron chi connectivity index (χ1n) is 9.89. The van der Waals surface area contributed by atoms with E-state index in [2.05, 4.69) is 54.4 Å². The lowest BCUT2D eigenvalue weighted by molar-refractivity contribution is 0.516.